The van der Waals surface area contributed by atoms with E-state index in [9.17, 15) is 4.91 Å². The first-order chi connectivity index (χ1) is 4.92. The van der Waals surface area contributed by atoms with Gasteiger partial charge in [0.05, 0.1) is 12.7 Å². The zero-order valence-corrected chi connectivity index (χ0v) is 5.82. The molecule has 56 valence electrons. The Morgan fingerprint density at radius 2 is 2.30 bits per heavy atom. The second-order valence-corrected chi connectivity index (χ2v) is 3.14. The van der Waals surface area contributed by atoms with Gasteiger partial charge < -0.3 is 4.74 Å². The molecule has 0 amide bonds. The van der Waals surface area contributed by atoms with E-state index in [0.29, 0.717) is 18.6 Å². The van der Waals surface area contributed by atoms with Gasteiger partial charge in [0.25, 0.3) is 0 Å². The minimum atomic E-state index is -0.0347. The quantitative estimate of drug-likeness (QED) is 0.516. The molecule has 10 heavy (non-hydrogen) atoms. The van der Waals surface area contributed by atoms with E-state index >= 15 is 0 Å². The molecule has 0 bridgehead atoms. The summed E-state index contributed by atoms with van der Waals surface area (Å²) in [5, 5.41) is 3.06. The lowest BCUT2D eigenvalue weighted by Crippen LogP contribution is -2.16. The Bertz CT molecular complexity index is 149. The predicted molar refractivity (Wildman–Crippen MR) is 36.7 cm³/mol. The minimum Gasteiger partial charge on any atom is -0.375 e. The van der Waals surface area contributed by atoms with Crippen LogP contribution in [0.1, 0.15) is 19.3 Å². The Labute approximate surface area is 59.7 Å². The third-order valence-electron chi connectivity index (χ3n) is 2.61. The molecule has 3 heteroatoms. The summed E-state index contributed by atoms with van der Waals surface area (Å²) in [6.45, 7) is 0.568. The van der Waals surface area contributed by atoms with E-state index in [0.717, 1.165) is 12.8 Å². The van der Waals surface area contributed by atoms with Gasteiger partial charge in [0.1, 0.15) is 6.04 Å². The van der Waals surface area contributed by atoms with E-state index in [1.54, 1.807) is 0 Å². The molecule has 0 aromatic carbocycles. The van der Waals surface area contributed by atoms with E-state index < -0.39 is 0 Å². The maximum atomic E-state index is 10.2. The summed E-state index contributed by atoms with van der Waals surface area (Å²) in [6, 6.07) is -0.0347. The third-order valence-corrected chi connectivity index (χ3v) is 2.61. The fourth-order valence-electron chi connectivity index (χ4n) is 2.06. The van der Waals surface area contributed by atoms with E-state index in [1.165, 1.54) is 6.42 Å². The van der Waals surface area contributed by atoms with Crippen LogP contribution in [0.5, 0.6) is 0 Å². The van der Waals surface area contributed by atoms with E-state index in [2.05, 4.69) is 5.18 Å². The van der Waals surface area contributed by atoms with Crippen LogP contribution in [0.25, 0.3) is 0 Å². The van der Waals surface area contributed by atoms with Gasteiger partial charge in [-0.15, -0.1) is 0 Å². The van der Waals surface area contributed by atoms with Gasteiger partial charge in [-0.25, -0.2) is 0 Å². The lowest BCUT2D eigenvalue weighted by atomic mass is 10.0. The van der Waals surface area contributed by atoms with Gasteiger partial charge in [-0.2, -0.15) is 4.91 Å². The Hall–Kier alpha value is -0.440. The summed E-state index contributed by atoms with van der Waals surface area (Å²) in [5.74, 6) is 0.456. The first-order valence-corrected chi connectivity index (χ1v) is 3.86. The smallest absolute Gasteiger partial charge is 0.120 e. The summed E-state index contributed by atoms with van der Waals surface area (Å²) < 4.78 is 5.39. The van der Waals surface area contributed by atoms with Crippen LogP contribution in [0, 0.1) is 10.8 Å². The van der Waals surface area contributed by atoms with Crippen LogP contribution in [0.4, 0.5) is 0 Å². The first-order valence-electron chi connectivity index (χ1n) is 3.86. The standard InChI is InChI=1S/C7H11NO2/c9-8-6-4-10-7-3-1-2-5(6)7/h5-7H,1-4H2. The molecule has 0 aromatic heterocycles. The van der Waals surface area contributed by atoms with Crippen LogP contribution in [0.2, 0.25) is 0 Å². The third kappa shape index (κ3) is 0.770. The number of ether oxygens (including phenoxy) is 1. The molecule has 1 aliphatic carbocycles. The zero-order chi connectivity index (χ0) is 6.97. The molecule has 1 saturated heterocycles. The number of rotatable bonds is 1. The van der Waals surface area contributed by atoms with Crippen molar-refractivity contribution in [3.8, 4) is 0 Å². The van der Waals surface area contributed by atoms with Crippen molar-refractivity contribution in [2.24, 2.45) is 11.1 Å². The number of hydrogen-bond donors (Lipinski definition) is 0. The summed E-state index contributed by atoms with van der Waals surface area (Å²) in [4.78, 5) is 10.2. The summed E-state index contributed by atoms with van der Waals surface area (Å²) >= 11 is 0. The van der Waals surface area contributed by atoms with Gasteiger partial charge in [-0.3, -0.25) is 0 Å². The van der Waals surface area contributed by atoms with Crippen molar-refractivity contribution in [1.82, 2.24) is 0 Å². The van der Waals surface area contributed by atoms with Crippen molar-refractivity contribution < 1.29 is 4.74 Å². The van der Waals surface area contributed by atoms with E-state index in [4.69, 9.17) is 4.74 Å². The van der Waals surface area contributed by atoms with Crippen molar-refractivity contribution in [1.29, 1.82) is 0 Å². The first kappa shape index (κ1) is 6.28. The molecule has 0 spiro atoms. The topological polar surface area (TPSA) is 38.7 Å². The van der Waals surface area contributed by atoms with Crippen LogP contribution in [-0.4, -0.2) is 18.8 Å². The Morgan fingerprint density at radius 3 is 3.10 bits per heavy atom. The fraction of sp³-hybridized carbons (Fsp3) is 1.00. The average molecular weight is 141 g/mol. The molecular weight excluding hydrogens is 130 g/mol. The molecule has 3 atom stereocenters. The molecule has 3 nitrogen and oxygen atoms in total. The predicted octanol–water partition coefficient (Wildman–Crippen LogP) is 1.32. The number of hydrogen-bond acceptors (Lipinski definition) is 3. The molecule has 1 saturated carbocycles. The lowest BCUT2D eigenvalue weighted by molar-refractivity contribution is 0.102. The molecule has 1 heterocycles. The molecule has 0 radical (unpaired) electrons. The summed E-state index contributed by atoms with van der Waals surface area (Å²) in [7, 11) is 0. The van der Waals surface area contributed by atoms with Crippen LogP contribution < -0.4 is 0 Å². The van der Waals surface area contributed by atoms with Crippen molar-refractivity contribution >= 4 is 0 Å². The highest BCUT2D eigenvalue weighted by Gasteiger charge is 2.41. The van der Waals surface area contributed by atoms with E-state index in [1.807, 2.05) is 0 Å². The molecule has 3 unspecified atom stereocenters. The van der Waals surface area contributed by atoms with Gasteiger partial charge in [0.2, 0.25) is 0 Å². The molecule has 2 fully saturated rings. The molecule has 2 aliphatic rings. The van der Waals surface area contributed by atoms with Crippen molar-refractivity contribution in [2.45, 2.75) is 31.4 Å². The lowest BCUT2D eigenvalue weighted by Gasteiger charge is -2.07. The van der Waals surface area contributed by atoms with E-state index in [-0.39, 0.29) is 6.04 Å². The van der Waals surface area contributed by atoms with Crippen LogP contribution in [0.15, 0.2) is 5.18 Å². The highest BCUT2D eigenvalue weighted by molar-refractivity contribution is 4.92. The Kier molecular flexibility index (Phi) is 1.45. The monoisotopic (exact) mass is 141 g/mol. The second kappa shape index (κ2) is 2.31. The Balaban J connectivity index is 2.07. The molecule has 0 aromatic rings. The summed E-state index contributed by atoms with van der Waals surface area (Å²) in [6.07, 6.45) is 3.85. The largest absolute Gasteiger partial charge is 0.375 e. The van der Waals surface area contributed by atoms with Crippen molar-refractivity contribution in [3.63, 3.8) is 0 Å². The molecule has 1 aliphatic heterocycles. The Morgan fingerprint density at radius 1 is 1.40 bits per heavy atom. The highest BCUT2D eigenvalue weighted by atomic mass is 16.5. The van der Waals surface area contributed by atoms with Crippen LogP contribution in [0.3, 0.4) is 0 Å². The zero-order valence-electron chi connectivity index (χ0n) is 5.82. The maximum absolute atomic E-state index is 10.2. The minimum absolute atomic E-state index is 0.0347. The van der Waals surface area contributed by atoms with Gasteiger partial charge in [-0.05, 0) is 12.8 Å². The van der Waals surface area contributed by atoms with Crippen molar-refractivity contribution in [3.05, 3.63) is 4.91 Å². The number of nitroso groups, excluding NO2 is 1. The van der Waals surface area contributed by atoms with Gasteiger partial charge in [0, 0.05) is 5.92 Å². The average Bonchev–Trinajstić information content (AvgIpc) is 2.44. The number of nitrogens with zero attached hydrogens (tertiary/aromatic N) is 1. The fourth-order valence-corrected chi connectivity index (χ4v) is 2.06. The van der Waals surface area contributed by atoms with Crippen LogP contribution in [-0.2, 0) is 4.74 Å². The van der Waals surface area contributed by atoms with Gasteiger partial charge >= 0.3 is 0 Å². The second-order valence-electron chi connectivity index (χ2n) is 3.14. The molecule has 0 N–H and O–H groups in total. The van der Waals surface area contributed by atoms with Crippen molar-refractivity contribution in [2.75, 3.05) is 6.61 Å². The maximum Gasteiger partial charge on any atom is 0.120 e. The molecule has 2 rings (SSSR count). The van der Waals surface area contributed by atoms with Crippen LogP contribution >= 0.6 is 0 Å². The number of fused-ring (bicyclic) bond motifs is 1. The van der Waals surface area contributed by atoms with Gasteiger partial charge in [0.15, 0.2) is 0 Å². The normalized spacial score (nSPS) is 45.4. The molecular formula is C7H11NO2. The van der Waals surface area contributed by atoms with Gasteiger partial charge in [-0.1, -0.05) is 11.6 Å². The highest BCUT2D eigenvalue weighted by Crippen LogP contribution is 2.37. The SMILES string of the molecule is O=NC1COC2CCCC12. The summed E-state index contributed by atoms with van der Waals surface area (Å²) in [5.41, 5.74) is 0.